The fourth-order valence-electron chi connectivity index (χ4n) is 1.86. The highest BCUT2D eigenvalue weighted by Gasteiger charge is 2.52. The molecule has 1 N–H and O–H groups in total. The molecule has 7 heteroatoms. The Labute approximate surface area is 118 Å². The van der Waals surface area contributed by atoms with Gasteiger partial charge in [0, 0.05) is 12.5 Å². The Bertz CT molecular complexity index is 532. The van der Waals surface area contributed by atoms with Crippen LogP contribution in [-0.2, 0) is 9.31 Å². The number of halogens is 1. The summed E-state index contributed by atoms with van der Waals surface area (Å²) in [6, 6.07) is 1.36. The summed E-state index contributed by atoms with van der Waals surface area (Å²) >= 11 is 0. The fraction of sp³-hybridized carbons (Fsp3) is 0.538. The van der Waals surface area contributed by atoms with Gasteiger partial charge >= 0.3 is 7.12 Å². The normalized spacial score (nSPS) is 20.0. The summed E-state index contributed by atoms with van der Waals surface area (Å²) in [6.07, 6.45) is 1.00. The fourth-order valence-corrected chi connectivity index (χ4v) is 1.86. The summed E-state index contributed by atoms with van der Waals surface area (Å²) in [5.41, 5.74) is -0.836. The predicted molar refractivity (Wildman–Crippen MR) is 73.3 cm³/mol. The van der Waals surface area contributed by atoms with Crippen LogP contribution in [-0.4, -0.2) is 36.3 Å². The molecule has 20 heavy (non-hydrogen) atoms. The van der Waals surface area contributed by atoms with Gasteiger partial charge < -0.3 is 14.6 Å². The number of carbonyl (C=O) groups is 1. The van der Waals surface area contributed by atoms with Gasteiger partial charge in [0.05, 0.1) is 17.4 Å². The van der Waals surface area contributed by atoms with E-state index >= 15 is 0 Å². The molecule has 1 amide bonds. The van der Waals surface area contributed by atoms with Gasteiger partial charge in [-0.05, 0) is 33.8 Å². The molecular weight excluding hydrogens is 262 g/mol. The van der Waals surface area contributed by atoms with Gasteiger partial charge in [-0.25, -0.2) is 9.37 Å². The van der Waals surface area contributed by atoms with Crippen LogP contribution < -0.4 is 10.8 Å². The molecule has 0 aromatic carbocycles. The van der Waals surface area contributed by atoms with Gasteiger partial charge in [0.25, 0.3) is 5.91 Å². The number of hydrogen-bond acceptors (Lipinski definition) is 4. The molecule has 0 unspecified atom stereocenters. The molecule has 1 aliphatic heterocycles. The van der Waals surface area contributed by atoms with Crippen molar-refractivity contribution in [1.29, 1.82) is 0 Å². The van der Waals surface area contributed by atoms with E-state index in [0.29, 0.717) is 0 Å². The van der Waals surface area contributed by atoms with Crippen LogP contribution in [0.1, 0.15) is 38.2 Å². The second kappa shape index (κ2) is 4.82. The molecule has 0 aliphatic carbocycles. The summed E-state index contributed by atoms with van der Waals surface area (Å²) in [5, 5.41) is 2.45. The molecule has 1 aromatic heterocycles. The average Bonchev–Trinajstić information content (AvgIpc) is 2.58. The number of hydrogen-bond donors (Lipinski definition) is 1. The van der Waals surface area contributed by atoms with Crippen LogP contribution in [0.25, 0.3) is 0 Å². The summed E-state index contributed by atoms with van der Waals surface area (Å²) in [7, 11) is 0.633. The van der Waals surface area contributed by atoms with Gasteiger partial charge in [-0.3, -0.25) is 4.79 Å². The van der Waals surface area contributed by atoms with Crippen LogP contribution in [0.4, 0.5) is 4.39 Å². The predicted octanol–water partition coefficient (Wildman–Crippen LogP) is 0.879. The number of carbonyl (C=O) groups excluding carboxylic acids is 1. The van der Waals surface area contributed by atoms with Crippen LogP contribution >= 0.6 is 0 Å². The molecule has 5 nitrogen and oxygen atoms in total. The van der Waals surface area contributed by atoms with Crippen LogP contribution in [0.2, 0.25) is 0 Å². The van der Waals surface area contributed by atoms with E-state index in [1.165, 1.54) is 13.1 Å². The van der Waals surface area contributed by atoms with Crippen LogP contribution in [0.5, 0.6) is 0 Å². The molecule has 1 fully saturated rings. The first kappa shape index (κ1) is 14.9. The van der Waals surface area contributed by atoms with E-state index < -0.39 is 24.1 Å². The van der Waals surface area contributed by atoms with Crippen LogP contribution in [0.3, 0.4) is 0 Å². The molecule has 0 spiro atoms. The standard InChI is InChI=1S/C13H18BFN2O3/c1-12(2)13(3,4)20-14(19-12)8-6-10(11(18)16-5)17-7-9(8)15/h6-7H,1-5H3,(H,16,18). The molecule has 1 aromatic rings. The first-order valence-electron chi connectivity index (χ1n) is 6.41. The molecule has 0 saturated carbocycles. The van der Waals surface area contributed by atoms with Crippen molar-refractivity contribution in [2.45, 2.75) is 38.9 Å². The largest absolute Gasteiger partial charge is 0.497 e. The van der Waals surface area contributed by atoms with Crippen molar-refractivity contribution in [3.63, 3.8) is 0 Å². The lowest BCUT2D eigenvalue weighted by atomic mass is 9.79. The smallest absolute Gasteiger partial charge is 0.399 e. The van der Waals surface area contributed by atoms with Crippen LogP contribution in [0.15, 0.2) is 12.3 Å². The van der Waals surface area contributed by atoms with E-state index in [4.69, 9.17) is 9.31 Å². The van der Waals surface area contributed by atoms with Gasteiger partial charge in [0.2, 0.25) is 0 Å². The molecular formula is C13H18BFN2O3. The van der Waals surface area contributed by atoms with Crippen LogP contribution in [0, 0.1) is 5.82 Å². The van der Waals surface area contributed by atoms with Crippen molar-refractivity contribution in [1.82, 2.24) is 10.3 Å². The first-order chi connectivity index (χ1) is 9.18. The lowest BCUT2D eigenvalue weighted by molar-refractivity contribution is 0.00578. The Hall–Kier alpha value is -1.47. The van der Waals surface area contributed by atoms with E-state index in [9.17, 15) is 9.18 Å². The topological polar surface area (TPSA) is 60.5 Å². The van der Waals surface area contributed by atoms with Gasteiger partial charge in [0.15, 0.2) is 0 Å². The Balaban J connectivity index is 2.37. The minimum absolute atomic E-state index is 0.124. The molecule has 108 valence electrons. The number of pyridine rings is 1. The third-order valence-corrected chi connectivity index (χ3v) is 3.85. The number of rotatable bonds is 2. The number of amides is 1. The Kier molecular flexibility index (Phi) is 3.60. The van der Waals surface area contributed by atoms with Gasteiger partial charge in [-0.15, -0.1) is 0 Å². The Morgan fingerprint density at radius 3 is 2.35 bits per heavy atom. The minimum atomic E-state index is -0.855. The monoisotopic (exact) mass is 280 g/mol. The SMILES string of the molecule is CNC(=O)c1cc(B2OC(C)(C)C(C)(C)O2)c(F)cn1. The van der Waals surface area contributed by atoms with E-state index in [2.05, 4.69) is 10.3 Å². The Morgan fingerprint density at radius 2 is 1.85 bits per heavy atom. The van der Waals surface area contributed by atoms with Crippen molar-refractivity contribution in [2.75, 3.05) is 7.05 Å². The third-order valence-electron chi connectivity index (χ3n) is 3.85. The Morgan fingerprint density at radius 1 is 1.30 bits per heavy atom. The lowest BCUT2D eigenvalue weighted by Crippen LogP contribution is -2.41. The van der Waals surface area contributed by atoms with Crippen molar-refractivity contribution >= 4 is 18.5 Å². The van der Waals surface area contributed by atoms with E-state index in [0.717, 1.165) is 6.20 Å². The molecule has 1 aliphatic rings. The maximum Gasteiger partial charge on any atom is 0.497 e. The maximum atomic E-state index is 13.9. The highest BCUT2D eigenvalue weighted by atomic mass is 19.1. The quantitative estimate of drug-likeness (QED) is 0.817. The highest BCUT2D eigenvalue weighted by Crippen LogP contribution is 2.36. The van der Waals surface area contributed by atoms with E-state index in [1.807, 2.05) is 27.7 Å². The lowest BCUT2D eigenvalue weighted by Gasteiger charge is -2.32. The highest BCUT2D eigenvalue weighted by molar-refractivity contribution is 6.62. The van der Waals surface area contributed by atoms with Gasteiger partial charge in [0.1, 0.15) is 11.5 Å². The minimum Gasteiger partial charge on any atom is -0.399 e. The molecule has 0 bridgehead atoms. The van der Waals surface area contributed by atoms with E-state index in [-0.39, 0.29) is 17.1 Å². The van der Waals surface area contributed by atoms with Crippen molar-refractivity contribution in [3.8, 4) is 0 Å². The molecule has 1 saturated heterocycles. The third kappa shape index (κ3) is 2.43. The number of aromatic nitrogens is 1. The zero-order chi connectivity index (χ0) is 15.1. The average molecular weight is 280 g/mol. The molecule has 0 radical (unpaired) electrons. The summed E-state index contributed by atoms with van der Waals surface area (Å²) in [4.78, 5) is 15.3. The zero-order valence-electron chi connectivity index (χ0n) is 12.3. The zero-order valence-corrected chi connectivity index (χ0v) is 12.3. The second-order valence-corrected chi connectivity index (χ2v) is 5.76. The summed E-state index contributed by atoms with van der Waals surface area (Å²) < 4.78 is 25.5. The number of nitrogens with one attached hydrogen (secondary N) is 1. The summed E-state index contributed by atoms with van der Waals surface area (Å²) in [6.45, 7) is 7.52. The molecule has 2 rings (SSSR count). The van der Waals surface area contributed by atoms with E-state index in [1.54, 1.807) is 0 Å². The van der Waals surface area contributed by atoms with Gasteiger partial charge in [-0.2, -0.15) is 0 Å². The van der Waals surface area contributed by atoms with Crippen molar-refractivity contribution in [2.24, 2.45) is 0 Å². The summed E-state index contributed by atoms with van der Waals surface area (Å²) in [5.74, 6) is -0.945. The molecule has 2 heterocycles. The van der Waals surface area contributed by atoms with Gasteiger partial charge in [-0.1, -0.05) is 0 Å². The second-order valence-electron chi connectivity index (χ2n) is 5.76. The first-order valence-corrected chi connectivity index (χ1v) is 6.41. The maximum absolute atomic E-state index is 13.9. The number of nitrogens with zero attached hydrogens (tertiary/aromatic N) is 1. The molecule has 0 atom stereocenters. The van der Waals surface area contributed by atoms with Crippen molar-refractivity contribution in [3.05, 3.63) is 23.8 Å². The van der Waals surface area contributed by atoms with Crippen molar-refractivity contribution < 1.29 is 18.5 Å².